The lowest BCUT2D eigenvalue weighted by molar-refractivity contribution is 0.122. The van der Waals surface area contributed by atoms with Crippen LogP contribution >= 0.6 is 0 Å². The van der Waals surface area contributed by atoms with Gasteiger partial charge < -0.3 is 13.3 Å². The SMILES string of the molecule is CCCCCCCCC[Si](OC)(OC)OC.[SiH4]. The Morgan fingerprint density at radius 2 is 1.12 bits per heavy atom. The third-order valence-corrected chi connectivity index (χ3v) is 5.85. The molecular formula is C12H32O3Si2. The summed E-state index contributed by atoms with van der Waals surface area (Å²) in [5.74, 6) is 0. The Hall–Kier alpha value is 0.314. The third kappa shape index (κ3) is 8.96. The predicted octanol–water partition coefficient (Wildman–Crippen LogP) is 2.16. The van der Waals surface area contributed by atoms with Crippen molar-refractivity contribution in [3.63, 3.8) is 0 Å². The summed E-state index contributed by atoms with van der Waals surface area (Å²) in [4.78, 5) is 0. The Labute approximate surface area is 113 Å². The van der Waals surface area contributed by atoms with Gasteiger partial charge in [-0.2, -0.15) is 0 Å². The summed E-state index contributed by atoms with van der Waals surface area (Å²) < 4.78 is 16.1. The molecule has 0 bridgehead atoms. The topological polar surface area (TPSA) is 27.7 Å². The maximum Gasteiger partial charge on any atom is 0.500 e. The van der Waals surface area contributed by atoms with Gasteiger partial charge in [0.05, 0.1) is 0 Å². The van der Waals surface area contributed by atoms with E-state index in [0.717, 1.165) is 12.5 Å². The summed E-state index contributed by atoms with van der Waals surface area (Å²) >= 11 is 0. The molecular weight excluding hydrogens is 248 g/mol. The number of rotatable bonds is 11. The van der Waals surface area contributed by atoms with Crippen LogP contribution in [0.1, 0.15) is 51.9 Å². The fraction of sp³-hybridized carbons (Fsp3) is 1.00. The minimum atomic E-state index is -2.29. The summed E-state index contributed by atoms with van der Waals surface area (Å²) in [6.07, 6.45) is 9.14. The molecule has 0 aliphatic rings. The van der Waals surface area contributed by atoms with Crippen LogP contribution < -0.4 is 0 Å². The van der Waals surface area contributed by atoms with Crippen molar-refractivity contribution in [3.8, 4) is 0 Å². The minimum Gasteiger partial charge on any atom is -0.377 e. The molecule has 3 nitrogen and oxygen atoms in total. The molecule has 0 aromatic rings. The van der Waals surface area contributed by atoms with Gasteiger partial charge >= 0.3 is 8.80 Å². The van der Waals surface area contributed by atoms with E-state index in [9.17, 15) is 0 Å². The van der Waals surface area contributed by atoms with Crippen LogP contribution in [-0.2, 0) is 13.3 Å². The van der Waals surface area contributed by atoms with E-state index in [4.69, 9.17) is 13.3 Å². The fourth-order valence-corrected chi connectivity index (χ4v) is 3.65. The minimum absolute atomic E-state index is 0. The lowest BCUT2D eigenvalue weighted by Gasteiger charge is -2.24. The van der Waals surface area contributed by atoms with E-state index in [1.165, 1.54) is 38.5 Å². The van der Waals surface area contributed by atoms with E-state index in [2.05, 4.69) is 6.92 Å². The van der Waals surface area contributed by atoms with Crippen LogP contribution in [0.5, 0.6) is 0 Å². The smallest absolute Gasteiger partial charge is 0.377 e. The van der Waals surface area contributed by atoms with Crippen molar-refractivity contribution in [2.45, 2.75) is 57.9 Å². The molecule has 0 atom stereocenters. The van der Waals surface area contributed by atoms with E-state index in [1.54, 1.807) is 21.3 Å². The largest absolute Gasteiger partial charge is 0.500 e. The number of unbranched alkanes of at least 4 members (excludes halogenated alkanes) is 6. The van der Waals surface area contributed by atoms with Crippen LogP contribution in [-0.4, -0.2) is 41.1 Å². The zero-order valence-corrected chi connectivity index (χ0v) is 12.4. The first-order chi connectivity index (χ1) is 7.74. The van der Waals surface area contributed by atoms with Gasteiger partial charge in [0.15, 0.2) is 0 Å². The summed E-state index contributed by atoms with van der Waals surface area (Å²) in [5.41, 5.74) is 0. The molecule has 5 heteroatoms. The molecule has 0 aromatic carbocycles. The van der Waals surface area contributed by atoms with Gasteiger partial charge in [-0.25, -0.2) is 0 Å². The molecule has 0 amide bonds. The van der Waals surface area contributed by atoms with Crippen LogP contribution in [0.2, 0.25) is 6.04 Å². The Balaban J connectivity index is 0. The molecule has 17 heavy (non-hydrogen) atoms. The second kappa shape index (κ2) is 12.8. The van der Waals surface area contributed by atoms with Crippen LogP contribution in [0.25, 0.3) is 0 Å². The van der Waals surface area contributed by atoms with Crippen LogP contribution in [0.3, 0.4) is 0 Å². The van der Waals surface area contributed by atoms with E-state index < -0.39 is 8.80 Å². The first-order valence-corrected chi connectivity index (χ1v) is 8.33. The van der Waals surface area contributed by atoms with Gasteiger partial charge in [0.25, 0.3) is 0 Å². The molecule has 0 spiro atoms. The van der Waals surface area contributed by atoms with Gasteiger partial charge in [0.2, 0.25) is 0 Å². The standard InChI is InChI=1S/C12H28O3Si.H4Si/c1-5-6-7-8-9-10-11-12-16(13-2,14-3)15-4;/h5-12H2,1-4H3;1H4. The van der Waals surface area contributed by atoms with Crippen molar-refractivity contribution in [1.29, 1.82) is 0 Å². The first-order valence-electron chi connectivity index (χ1n) is 6.40. The average Bonchev–Trinajstić information content (AvgIpc) is 2.34. The maximum atomic E-state index is 5.38. The van der Waals surface area contributed by atoms with Gasteiger partial charge in [0, 0.05) is 27.4 Å². The number of hydrogen-bond donors (Lipinski definition) is 0. The quantitative estimate of drug-likeness (QED) is 0.429. The van der Waals surface area contributed by atoms with E-state index in [1.807, 2.05) is 0 Å². The molecule has 106 valence electrons. The van der Waals surface area contributed by atoms with Crippen molar-refractivity contribution in [3.05, 3.63) is 0 Å². The molecule has 0 fully saturated rings. The van der Waals surface area contributed by atoms with Gasteiger partial charge in [-0.05, 0) is 17.4 Å². The Morgan fingerprint density at radius 3 is 1.53 bits per heavy atom. The molecule has 0 heterocycles. The van der Waals surface area contributed by atoms with Gasteiger partial charge in [-0.3, -0.25) is 0 Å². The van der Waals surface area contributed by atoms with Crippen molar-refractivity contribution in [2.75, 3.05) is 21.3 Å². The molecule has 0 aromatic heterocycles. The molecule has 0 aliphatic carbocycles. The Morgan fingerprint density at radius 1 is 0.706 bits per heavy atom. The van der Waals surface area contributed by atoms with Crippen LogP contribution in [0.4, 0.5) is 0 Å². The average molecular weight is 281 g/mol. The molecule has 0 radical (unpaired) electrons. The highest BCUT2D eigenvalue weighted by Crippen LogP contribution is 2.18. The Bertz CT molecular complexity index is 144. The lowest BCUT2D eigenvalue weighted by Crippen LogP contribution is -2.42. The van der Waals surface area contributed by atoms with E-state index in [-0.39, 0.29) is 11.0 Å². The molecule has 0 unspecified atom stereocenters. The summed E-state index contributed by atoms with van der Waals surface area (Å²) in [6.45, 7) is 2.25. The zero-order chi connectivity index (χ0) is 12.3. The summed E-state index contributed by atoms with van der Waals surface area (Å²) in [6, 6.07) is 0.935. The normalized spacial score (nSPS) is 11.3. The molecule has 0 saturated heterocycles. The molecule has 0 rings (SSSR count). The number of hydrogen-bond acceptors (Lipinski definition) is 3. The predicted molar refractivity (Wildman–Crippen MR) is 80.9 cm³/mol. The highest BCUT2D eigenvalue weighted by molar-refractivity contribution is 6.60. The third-order valence-electron chi connectivity index (χ3n) is 3.02. The lowest BCUT2D eigenvalue weighted by atomic mass is 10.1. The second-order valence-corrected chi connectivity index (χ2v) is 7.26. The summed E-state index contributed by atoms with van der Waals surface area (Å²) in [7, 11) is 2.75. The first kappa shape index (κ1) is 19.6. The van der Waals surface area contributed by atoms with Gasteiger partial charge in [-0.15, -0.1) is 0 Å². The highest BCUT2D eigenvalue weighted by atomic mass is 28.4. The van der Waals surface area contributed by atoms with Crippen LogP contribution in [0.15, 0.2) is 0 Å². The van der Waals surface area contributed by atoms with Crippen LogP contribution in [0, 0.1) is 0 Å². The van der Waals surface area contributed by atoms with E-state index >= 15 is 0 Å². The monoisotopic (exact) mass is 280 g/mol. The highest BCUT2D eigenvalue weighted by Gasteiger charge is 2.36. The van der Waals surface area contributed by atoms with Crippen molar-refractivity contribution in [2.24, 2.45) is 0 Å². The maximum absolute atomic E-state index is 5.38. The van der Waals surface area contributed by atoms with Gasteiger partial charge in [-0.1, -0.05) is 45.4 Å². The fourth-order valence-electron chi connectivity index (χ4n) is 1.85. The van der Waals surface area contributed by atoms with Crippen molar-refractivity contribution >= 4 is 19.8 Å². The van der Waals surface area contributed by atoms with Gasteiger partial charge in [0.1, 0.15) is 0 Å². The molecule has 0 aliphatic heterocycles. The molecule has 0 N–H and O–H groups in total. The summed E-state index contributed by atoms with van der Waals surface area (Å²) in [5, 5.41) is 0. The molecule has 0 saturated carbocycles. The second-order valence-electron chi connectivity index (χ2n) is 4.17. The van der Waals surface area contributed by atoms with E-state index in [0.29, 0.717) is 0 Å². The van der Waals surface area contributed by atoms with Crippen molar-refractivity contribution in [1.82, 2.24) is 0 Å². The van der Waals surface area contributed by atoms with Crippen molar-refractivity contribution < 1.29 is 13.3 Å². The Kier molecular flexibility index (Phi) is 14.8. The zero-order valence-electron chi connectivity index (χ0n) is 11.4.